The van der Waals surface area contributed by atoms with Crippen LogP contribution in [0.25, 0.3) is 0 Å². The van der Waals surface area contributed by atoms with E-state index < -0.39 is 0 Å². The molecule has 7 rings (SSSR count). The number of hydrogen-bond acceptors (Lipinski definition) is 5. The number of carbonyl (C=O) groups is 1. The molecule has 0 aromatic heterocycles. The standard InChI is InChI=1S/C38H56N2O4/c1-3-21-39-22-20-38-29-18-19-30(37(38)44-36-33(43-2)24-32(41)28(35(36)38)23-31(29)39)40(25-27-15-8-5-9-16-27)34(42)17-11-10-14-26-12-6-4-7-13-26/h3,24,26-27,29-31,37,41H,1,4-23,25H2,2H3/t29-,30+,31+,37-,38-/m0/s1. The van der Waals surface area contributed by atoms with Gasteiger partial charge in [-0.25, -0.2) is 0 Å². The molecule has 6 heteroatoms. The zero-order valence-electron chi connectivity index (χ0n) is 27.2. The molecule has 44 heavy (non-hydrogen) atoms. The van der Waals surface area contributed by atoms with Gasteiger partial charge in [0.2, 0.25) is 5.91 Å². The maximum absolute atomic E-state index is 14.4. The first kappa shape index (κ1) is 30.4. The summed E-state index contributed by atoms with van der Waals surface area (Å²) in [7, 11) is 1.68. The van der Waals surface area contributed by atoms with Crippen molar-refractivity contribution >= 4 is 5.91 Å². The highest BCUT2D eigenvalue weighted by Gasteiger charge is 2.67. The Balaban J connectivity index is 1.18. The van der Waals surface area contributed by atoms with Crippen LogP contribution in [0.2, 0.25) is 0 Å². The van der Waals surface area contributed by atoms with Crippen LogP contribution in [0, 0.1) is 17.8 Å². The van der Waals surface area contributed by atoms with Crippen molar-refractivity contribution < 1.29 is 19.4 Å². The van der Waals surface area contributed by atoms with Crippen LogP contribution in [0.3, 0.4) is 0 Å². The van der Waals surface area contributed by atoms with Gasteiger partial charge in [0, 0.05) is 48.2 Å². The predicted octanol–water partition coefficient (Wildman–Crippen LogP) is 7.54. The first-order chi connectivity index (χ1) is 21.5. The second-order valence-electron chi connectivity index (χ2n) is 15.2. The molecule has 6 nitrogen and oxygen atoms in total. The number of phenols is 1. The van der Waals surface area contributed by atoms with Crippen molar-refractivity contribution in [2.24, 2.45) is 17.8 Å². The fraction of sp³-hybridized carbons (Fsp3) is 0.763. The van der Waals surface area contributed by atoms with Crippen LogP contribution in [-0.2, 0) is 16.6 Å². The van der Waals surface area contributed by atoms with Gasteiger partial charge in [-0.15, -0.1) is 6.58 Å². The Morgan fingerprint density at radius 3 is 2.57 bits per heavy atom. The molecule has 2 bridgehead atoms. The van der Waals surface area contributed by atoms with Gasteiger partial charge in [-0.3, -0.25) is 9.69 Å². The monoisotopic (exact) mass is 604 g/mol. The van der Waals surface area contributed by atoms with Crippen LogP contribution in [0.5, 0.6) is 17.2 Å². The van der Waals surface area contributed by atoms with E-state index in [9.17, 15) is 9.90 Å². The van der Waals surface area contributed by atoms with Gasteiger partial charge in [0.15, 0.2) is 11.5 Å². The Morgan fingerprint density at radius 2 is 1.84 bits per heavy atom. The minimum Gasteiger partial charge on any atom is -0.508 e. The quantitative estimate of drug-likeness (QED) is 0.209. The van der Waals surface area contributed by atoms with Gasteiger partial charge in [-0.2, -0.15) is 0 Å². The van der Waals surface area contributed by atoms with Gasteiger partial charge >= 0.3 is 0 Å². The number of piperidine rings is 1. The third-order valence-corrected chi connectivity index (χ3v) is 13.0. The van der Waals surface area contributed by atoms with Crippen molar-refractivity contribution in [2.45, 2.75) is 139 Å². The van der Waals surface area contributed by atoms with Crippen LogP contribution in [0.4, 0.5) is 0 Å². The summed E-state index contributed by atoms with van der Waals surface area (Å²) < 4.78 is 13.0. The number of likely N-dealkylation sites (tertiary alicyclic amines) is 1. The number of hydrogen-bond donors (Lipinski definition) is 1. The molecule has 6 aliphatic rings. The summed E-state index contributed by atoms with van der Waals surface area (Å²) in [4.78, 5) is 19.3. The minimum absolute atomic E-state index is 0.0656. The third-order valence-electron chi connectivity index (χ3n) is 13.0. The molecule has 0 radical (unpaired) electrons. The maximum atomic E-state index is 14.4. The Hall–Kier alpha value is -2.21. The number of benzene rings is 1. The summed E-state index contributed by atoms with van der Waals surface area (Å²) in [6.07, 6.45) is 23.3. The fourth-order valence-electron chi connectivity index (χ4n) is 10.9. The zero-order chi connectivity index (χ0) is 30.3. The average Bonchev–Trinajstić information content (AvgIpc) is 3.39. The number of nitrogens with zero attached hydrogens (tertiary/aromatic N) is 2. The molecule has 1 saturated heterocycles. The van der Waals surface area contributed by atoms with Crippen molar-refractivity contribution in [1.29, 1.82) is 0 Å². The zero-order valence-corrected chi connectivity index (χ0v) is 27.2. The molecule has 1 aromatic rings. The van der Waals surface area contributed by atoms with Crippen LogP contribution >= 0.6 is 0 Å². The van der Waals surface area contributed by atoms with E-state index in [1.165, 1.54) is 82.6 Å². The number of rotatable bonds is 11. The number of ether oxygens (including phenoxy) is 2. The molecule has 1 aromatic carbocycles. The lowest BCUT2D eigenvalue weighted by Crippen LogP contribution is -2.69. The summed E-state index contributed by atoms with van der Waals surface area (Å²) in [6, 6.07) is 2.19. The lowest BCUT2D eigenvalue weighted by atomic mass is 9.50. The van der Waals surface area contributed by atoms with Gasteiger partial charge in [-0.1, -0.05) is 70.3 Å². The fourth-order valence-corrected chi connectivity index (χ4v) is 10.9. The van der Waals surface area contributed by atoms with Gasteiger partial charge in [-0.05, 0) is 69.2 Å². The van der Waals surface area contributed by atoms with Gasteiger partial charge in [0.1, 0.15) is 11.9 Å². The lowest BCUT2D eigenvalue weighted by molar-refractivity contribution is -0.144. The highest BCUT2D eigenvalue weighted by molar-refractivity contribution is 5.77. The molecule has 2 aliphatic heterocycles. The molecule has 4 fully saturated rings. The summed E-state index contributed by atoms with van der Waals surface area (Å²) in [5.41, 5.74) is 2.07. The average molecular weight is 605 g/mol. The van der Waals surface area contributed by atoms with E-state index in [0.717, 1.165) is 69.0 Å². The second kappa shape index (κ2) is 12.9. The molecule has 1 spiro atoms. The van der Waals surface area contributed by atoms with Crippen LogP contribution in [0.15, 0.2) is 18.7 Å². The highest BCUT2D eigenvalue weighted by atomic mass is 16.5. The van der Waals surface area contributed by atoms with Crippen molar-refractivity contribution in [3.05, 3.63) is 29.8 Å². The Labute approximate surface area is 265 Å². The number of amides is 1. The van der Waals surface area contributed by atoms with E-state index in [0.29, 0.717) is 41.7 Å². The third kappa shape index (κ3) is 5.25. The predicted molar refractivity (Wildman–Crippen MR) is 174 cm³/mol. The van der Waals surface area contributed by atoms with Gasteiger partial charge < -0.3 is 19.5 Å². The Kier molecular flexibility index (Phi) is 8.92. The topological polar surface area (TPSA) is 62.2 Å². The Bertz CT molecular complexity index is 1200. The number of methoxy groups -OCH3 is 1. The maximum Gasteiger partial charge on any atom is 0.222 e. The molecule has 1 N–H and O–H groups in total. The van der Waals surface area contributed by atoms with E-state index in [4.69, 9.17) is 9.47 Å². The van der Waals surface area contributed by atoms with Crippen molar-refractivity contribution in [3.63, 3.8) is 0 Å². The van der Waals surface area contributed by atoms with Crippen LogP contribution in [0.1, 0.15) is 120 Å². The van der Waals surface area contributed by atoms with Gasteiger partial charge in [0.05, 0.1) is 13.2 Å². The number of aromatic hydroxyl groups is 1. The summed E-state index contributed by atoms with van der Waals surface area (Å²) in [6.45, 7) is 6.81. The SMILES string of the molecule is C=CCN1CC[C@]23c4c5c(O)cc(OC)c4O[C@H]2[C@H](N(CC2CCCCC2)C(=O)CCCCC2CCCCC2)CC[C@H]3[C@H]1C5. The van der Waals surface area contributed by atoms with Crippen molar-refractivity contribution in [3.8, 4) is 17.2 Å². The molecular weight excluding hydrogens is 548 g/mol. The first-order valence-corrected chi connectivity index (χ1v) is 18.3. The molecule has 5 atom stereocenters. The normalized spacial score (nSPS) is 31.7. The lowest BCUT2D eigenvalue weighted by Gasteiger charge is -2.60. The largest absolute Gasteiger partial charge is 0.508 e. The molecule has 2 heterocycles. The molecule has 4 aliphatic carbocycles. The summed E-state index contributed by atoms with van der Waals surface area (Å²) >= 11 is 0. The van der Waals surface area contributed by atoms with Crippen LogP contribution < -0.4 is 9.47 Å². The van der Waals surface area contributed by atoms with E-state index in [1.54, 1.807) is 13.2 Å². The van der Waals surface area contributed by atoms with Crippen LogP contribution in [-0.4, -0.2) is 65.7 Å². The number of unbranched alkanes of at least 4 members (excludes halogenated alkanes) is 1. The molecule has 3 saturated carbocycles. The van der Waals surface area contributed by atoms with E-state index >= 15 is 0 Å². The van der Waals surface area contributed by atoms with E-state index in [2.05, 4.69) is 16.4 Å². The summed E-state index contributed by atoms with van der Waals surface area (Å²) in [5.74, 6) is 4.09. The number of carbonyl (C=O) groups excluding carboxylic acids is 1. The molecule has 0 unspecified atom stereocenters. The second-order valence-corrected chi connectivity index (χ2v) is 15.2. The molecule has 1 amide bonds. The first-order valence-electron chi connectivity index (χ1n) is 18.3. The van der Waals surface area contributed by atoms with Gasteiger partial charge in [0.25, 0.3) is 0 Å². The van der Waals surface area contributed by atoms with Crippen molar-refractivity contribution in [2.75, 3.05) is 26.7 Å². The smallest absolute Gasteiger partial charge is 0.222 e. The van der Waals surface area contributed by atoms with Crippen molar-refractivity contribution in [1.82, 2.24) is 9.80 Å². The molecular formula is C38H56N2O4. The Morgan fingerprint density at radius 1 is 1.09 bits per heavy atom. The molecule has 242 valence electrons. The minimum atomic E-state index is -0.188. The number of phenolic OH excluding ortho intramolecular Hbond substituents is 1. The van der Waals surface area contributed by atoms with E-state index in [1.807, 2.05) is 6.08 Å². The highest BCUT2D eigenvalue weighted by Crippen LogP contribution is 2.65. The summed E-state index contributed by atoms with van der Waals surface area (Å²) in [5, 5.41) is 11.3. The van der Waals surface area contributed by atoms with E-state index in [-0.39, 0.29) is 17.6 Å².